The zero-order valence-electron chi connectivity index (χ0n) is 15.0. The van der Waals surface area contributed by atoms with Crippen molar-refractivity contribution in [2.45, 2.75) is 44.6 Å². The fourth-order valence-corrected chi connectivity index (χ4v) is 3.78. The summed E-state index contributed by atoms with van der Waals surface area (Å²) in [5, 5.41) is 2.99. The summed E-state index contributed by atoms with van der Waals surface area (Å²) in [4.78, 5) is 12.4. The number of hydrogen-bond acceptors (Lipinski definition) is 3. The molecule has 4 nitrogen and oxygen atoms in total. The van der Waals surface area contributed by atoms with E-state index in [0.717, 1.165) is 40.1 Å². The number of carbonyl (C=O) groups is 1. The Bertz CT molecular complexity index is 757. The number of aryl methyl sites for hydroxylation is 1. The van der Waals surface area contributed by atoms with E-state index in [2.05, 4.69) is 21.2 Å². The van der Waals surface area contributed by atoms with E-state index in [1.54, 1.807) is 7.11 Å². The molecule has 0 aliphatic heterocycles. The number of rotatable bonds is 7. The molecule has 0 radical (unpaired) electrons. The van der Waals surface area contributed by atoms with Crippen LogP contribution in [-0.2, 0) is 11.2 Å². The Morgan fingerprint density at radius 1 is 1.15 bits per heavy atom. The Morgan fingerprint density at radius 2 is 1.92 bits per heavy atom. The van der Waals surface area contributed by atoms with Gasteiger partial charge in [0.25, 0.3) is 0 Å². The summed E-state index contributed by atoms with van der Waals surface area (Å²) in [6, 6.07) is 13.5. The SMILES string of the molecule is COc1ccc(CCC(=O)Nc2ccccc2OC2CCCC2)cc1Br. The van der Waals surface area contributed by atoms with Gasteiger partial charge in [-0.05, 0) is 77.9 Å². The summed E-state index contributed by atoms with van der Waals surface area (Å²) in [5.74, 6) is 1.54. The highest BCUT2D eigenvalue weighted by Crippen LogP contribution is 2.30. The van der Waals surface area contributed by atoms with Gasteiger partial charge in [0.2, 0.25) is 5.91 Å². The molecule has 1 fully saturated rings. The first-order chi connectivity index (χ1) is 12.7. The number of para-hydroxylation sites is 2. The van der Waals surface area contributed by atoms with Crippen LogP contribution in [0.15, 0.2) is 46.9 Å². The van der Waals surface area contributed by atoms with Gasteiger partial charge in [0.05, 0.1) is 23.4 Å². The molecule has 1 aliphatic carbocycles. The monoisotopic (exact) mass is 417 g/mol. The maximum atomic E-state index is 12.4. The highest BCUT2D eigenvalue weighted by molar-refractivity contribution is 9.10. The molecule has 5 heteroatoms. The van der Waals surface area contributed by atoms with Crippen LogP contribution < -0.4 is 14.8 Å². The van der Waals surface area contributed by atoms with Gasteiger partial charge in [-0.15, -0.1) is 0 Å². The molecule has 1 aliphatic rings. The fraction of sp³-hybridized carbons (Fsp3) is 0.381. The molecular formula is C21H24BrNO3. The molecule has 3 rings (SSSR count). The summed E-state index contributed by atoms with van der Waals surface area (Å²) in [7, 11) is 1.64. The van der Waals surface area contributed by atoms with Crippen molar-refractivity contribution in [1.29, 1.82) is 0 Å². The second-order valence-corrected chi connectivity index (χ2v) is 7.39. The first-order valence-electron chi connectivity index (χ1n) is 9.03. The Hall–Kier alpha value is -2.01. The quantitative estimate of drug-likeness (QED) is 0.660. The van der Waals surface area contributed by atoms with Crippen LogP contribution in [0.2, 0.25) is 0 Å². The molecule has 2 aromatic rings. The molecule has 0 atom stereocenters. The zero-order chi connectivity index (χ0) is 18.4. The third-order valence-electron chi connectivity index (χ3n) is 4.61. The van der Waals surface area contributed by atoms with Crippen molar-refractivity contribution in [3.05, 3.63) is 52.5 Å². The van der Waals surface area contributed by atoms with Crippen molar-refractivity contribution in [3.63, 3.8) is 0 Å². The number of benzene rings is 2. The molecule has 2 aromatic carbocycles. The summed E-state index contributed by atoms with van der Waals surface area (Å²) >= 11 is 3.48. The normalized spacial score (nSPS) is 14.2. The molecule has 138 valence electrons. The molecule has 0 heterocycles. The van der Waals surface area contributed by atoms with Gasteiger partial charge in [0, 0.05) is 6.42 Å². The van der Waals surface area contributed by atoms with Crippen LogP contribution in [0.25, 0.3) is 0 Å². The lowest BCUT2D eigenvalue weighted by molar-refractivity contribution is -0.116. The van der Waals surface area contributed by atoms with E-state index in [4.69, 9.17) is 9.47 Å². The molecule has 0 unspecified atom stereocenters. The van der Waals surface area contributed by atoms with E-state index < -0.39 is 0 Å². The summed E-state index contributed by atoms with van der Waals surface area (Å²) in [5.41, 5.74) is 1.84. The van der Waals surface area contributed by atoms with Crippen LogP contribution >= 0.6 is 15.9 Å². The average Bonchev–Trinajstić information content (AvgIpc) is 3.15. The van der Waals surface area contributed by atoms with Gasteiger partial charge in [-0.3, -0.25) is 4.79 Å². The van der Waals surface area contributed by atoms with E-state index in [1.807, 2.05) is 42.5 Å². The lowest BCUT2D eigenvalue weighted by atomic mass is 10.1. The number of anilines is 1. The van der Waals surface area contributed by atoms with E-state index in [-0.39, 0.29) is 12.0 Å². The largest absolute Gasteiger partial charge is 0.496 e. The summed E-state index contributed by atoms with van der Waals surface area (Å²) < 4.78 is 12.2. The standard InChI is InChI=1S/C21H24BrNO3/c1-25-19-12-10-15(14-17(19)22)11-13-21(24)23-18-8-4-5-9-20(18)26-16-6-2-3-7-16/h4-5,8-10,12,14,16H,2-3,6-7,11,13H2,1H3,(H,23,24). The first kappa shape index (κ1) is 18.8. The molecule has 0 spiro atoms. The molecule has 0 bridgehead atoms. The Balaban J connectivity index is 1.57. The van der Waals surface area contributed by atoms with Crippen LogP contribution in [0.3, 0.4) is 0 Å². The van der Waals surface area contributed by atoms with E-state index >= 15 is 0 Å². The number of hydrogen-bond donors (Lipinski definition) is 1. The Morgan fingerprint density at radius 3 is 2.65 bits per heavy atom. The third kappa shape index (κ3) is 5.01. The average molecular weight is 418 g/mol. The molecule has 1 amide bonds. The minimum absolute atomic E-state index is 0.0144. The van der Waals surface area contributed by atoms with Crippen molar-refractivity contribution in [2.24, 2.45) is 0 Å². The summed E-state index contributed by atoms with van der Waals surface area (Å²) in [6.07, 6.45) is 5.97. The number of ether oxygens (including phenoxy) is 2. The van der Waals surface area contributed by atoms with Crippen molar-refractivity contribution >= 4 is 27.5 Å². The molecular weight excluding hydrogens is 394 g/mol. The van der Waals surface area contributed by atoms with Crippen LogP contribution in [0.5, 0.6) is 11.5 Å². The predicted molar refractivity (Wildman–Crippen MR) is 107 cm³/mol. The molecule has 0 saturated heterocycles. The number of carbonyl (C=O) groups excluding carboxylic acids is 1. The van der Waals surface area contributed by atoms with E-state index in [0.29, 0.717) is 12.8 Å². The lowest BCUT2D eigenvalue weighted by Gasteiger charge is -2.17. The second-order valence-electron chi connectivity index (χ2n) is 6.54. The van der Waals surface area contributed by atoms with Crippen molar-refractivity contribution in [3.8, 4) is 11.5 Å². The minimum Gasteiger partial charge on any atom is -0.496 e. The van der Waals surface area contributed by atoms with Gasteiger partial charge in [0.1, 0.15) is 11.5 Å². The highest BCUT2D eigenvalue weighted by Gasteiger charge is 2.18. The second kappa shape index (κ2) is 9.08. The highest BCUT2D eigenvalue weighted by atomic mass is 79.9. The van der Waals surface area contributed by atoms with Crippen LogP contribution in [0.4, 0.5) is 5.69 Å². The fourth-order valence-electron chi connectivity index (χ4n) is 3.19. The van der Waals surface area contributed by atoms with Crippen LogP contribution in [0.1, 0.15) is 37.7 Å². The van der Waals surface area contributed by atoms with Crippen molar-refractivity contribution < 1.29 is 14.3 Å². The number of halogens is 1. The van der Waals surface area contributed by atoms with Crippen molar-refractivity contribution in [1.82, 2.24) is 0 Å². The molecule has 1 saturated carbocycles. The van der Waals surface area contributed by atoms with Gasteiger partial charge in [-0.25, -0.2) is 0 Å². The Labute approximate surface area is 163 Å². The zero-order valence-corrected chi connectivity index (χ0v) is 16.6. The number of methoxy groups -OCH3 is 1. The van der Waals surface area contributed by atoms with E-state index in [1.165, 1.54) is 12.8 Å². The van der Waals surface area contributed by atoms with E-state index in [9.17, 15) is 4.79 Å². The van der Waals surface area contributed by atoms with Gasteiger partial charge in [-0.1, -0.05) is 18.2 Å². The molecule has 26 heavy (non-hydrogen) atoms. The van der Waals surface area contributed by atoms with Crippen LogP contribution in [-0.4, -0.2) is 19.1 Å². The predicted octanol–water partition coefficient (Wildman–Crippen LogP) is 5.35. The third-order valence-corrected chi connectivity index (χ3v) is 5.23. The minimum atomic E-state index is -0.0144. The molecule has 0 aromatic heterocycles. The van der Waals surface area contributed by atoms with Gasteiger partial charge in [-0.2, -0.15) is 0 Å². The molecule has 1 N–H and O–H groups in total. The van der Waals surface area contributed by atoms with Gasteiger partial charge in [0.15, 0.2) is 0 Å². The number of amides is 1. The lowest BCUT2D eigenvalue weighted by Crippen LogP contribution is -2.16. The van der Waals surface area contributed by atoms with Gasteiger partial charge >= 0.3 is 0 Å². The van der Waals surface area contributed by atoms with Crippen molar-refractivity contribution in [2.75, 3.05) is 12.4 Å². The topological polar surface area (TPSA) is 47.6 Å². The first-order valence-corrected chi connectivity index (χ1v) is 9.83. The maximum absolute atomic E-state index is 12.4. The maximum Gasteiger partial charge on any atom is 0.224 e. The van der Waals surface area contributed by atoms with Crippen LogP contribution in [0, 0.1) is 0 Å². The smallest absolute Gasteiger partial charge is 0.224 e. The Kier molecular flexibility index (Phi) is 6.56. The summed E-state index contributed by atoms with van der Waals surface area (Å²) in [6.45, 7) is 0. The number of nitrogens with one attached hydrogen (secondary N) is 1. The van der Waals surface area contributed by atoms with Gasteiger partial charge < -0.3 is 14.8 Å².